The highest BCUT2D eigenvalue weighted by Gasteiger charge is 2.22. The van der Waals surface area contributed by atoms with Crippen LogP contribution in [0.5, 0.6) is 0 Å². The molecule has 1 amide bonds. The van der Waals surface area contributed by atoms with Crippen molar-refractivity contribution in [3.63, 3.8) is 0 Å². The van der Waals surface area contributed by atoms with Crippen LogP contribution in [-0.2, 0) is 4.79 Å². The van der Waals surface area contributed by atoms with Crippen LogP contribution in [0.1, 0.15) is 51.4 Å². The van der Waals surface area contributed by atoms with Gasteiger partial charge in [0.2, 0.25) is 5.91 Å². The van der Waals surface area contributed by atoms with E-state index in [0.717, 1.165) is 83.5 Å². The maximum Gasteiger partial charge on any atom is 0.227 e. The summed E-state index contributed by atoms with van der Waals surface area (Å²) in [4.78, 5) is 32.7. The van der Waals surface area contributed by atoms with Gasteiger partial charge < -0.3 is 15.2 Å². The van der Waals surface area contributed by atoms with Crippen molar-refractivity contribution in [2.45, 2.75) is 51.4 Å². The number of pyridine rings is 3. The Hall–Kier alpha value is -4.27. The average Bonchev–Trinajstić information content (AvgIpc) is 3.62. The van der Waals surface area contributed by atoms with Gasteiger partial charge in [0.25, 0.3) is 0 Å². The number of aromatic nitrogens is 6. The third-order valence-electron chi connectivity index (χ3n) is 8.15. The number of piperidine rings is 1. The molecule has 9 heteroatoms. The second kappa shape index (κ2) is 10.1. The molecule has 6 heterocycles. The standard InChI is InChI=1S/C30H32N8O/c39-30(19-7-3-1-4-8-19)33-21-15-20(17-31-18-21)23-9-10-24-27(34-23)28(37-36-24)25-16-22-26(11-12-32-29(22)35-25)38-13-5-2-6-14-38/h9-12,15-19H,1-8,13-14H2,(H,32,35)(H,33,39)(H,36,37). The predicted octanol–water partition coefficient (Wildman–Crippen LogP) is 6.07. The molecule has 0 aromatic carbocycles. The number of rotatable bonds is 5. The van der Waals surface area contributed by atoms with Gasteiger partial charge in [-0.25, -0.2) is 9.97 Å². The molecular formula is C30H32N8O. The SMILES string of the molecule is O=C(Nc1cncc(-c2ccc3[nH]nc(-c4cc5c(N6CCCCC6)ccnc5[nH]4)c3n2)c1)C1CCCCC1. The summed E-state index contributed by atoms with van der Waals surface area (Å²) < 4.78 is 0. The van der Waals surface area contributed by atoms with E-state index in [0.29, 0.717) is 5.69 Å². The number of carbonyl (C=O) groups excluding carboxylic acids is 1. The highest BCUT2D eigenvalue weighted by Crippen LogP contribution is 2.34. The summed E-state index contributed by atoms with van der Waals surface area (Å²) in [6.45, 7) is 2.15. The van der Waals surface area contributed by atoms with Gasteiger partial charge >= 0.3 is 0 Å². The highest BCUT2D eigenvalue weighted by atomic mass is 16.1. The summed E-state index contributed by atoms with van der Waals surface area (Å²) >= 11 is 0. The molecule has 0 radical (unpaired) electrons. The van der Waals surface area contributed by atoms with E-state index < -0.39 is 0 Å². The summed E-state index contributed by atoms with van der Waals surface area (Å²) in [5, 5.41) is 11.9. The second-order valence-corrected chi connectivity index (χ2v) is 10.8. The smallest absolute Gasteiger partial charge is 0.227 e. The Morgan fingerprint density at radius 1 is 0.974 bits per heavy atom. The number of hydrogen-bond donors (Lipinski definition) is 3. The van der Waals surface area contributed by atoms with Crippen LogP contribution in [-0.4, -0.2) is 49.1 Å². The van der Waals surface area contributed by atoms with Gasteiger partial charge in [-0.15, -0.1) is 0 Å². The van der Waals surface area contributed by atoms with Gasteiger partial charge in [-0.2, -0.15) is 5.10 Å². The van der Waals surface area contributed by atoms with Crippen LogP contribution in [0.2, 0.25) is 0 Å². The van der Waals surface area contributed by atoms with Crippen LogP contribution in [0.25, 0.3) is 44.7 Å². The van der Waals surface area contributed by atoms with Crippen molar-refractivity contribution < 1.29 is 4.79 Å². The monoisotopic (exact) mass is 520 g/mol. The summed E-state index contributed by atoms with van der Waals surface area (Å²) in [5.74, 6) is 0.178. The van der Waals surface area contributed by atoms with Crippen LogP contribution in [0.3, 0.4) is 0 Å². The molecule has 1 saturated carbocycles. The Bertz CT molecular complexity index is 1640. The van der Waals surface area contributed by atoms with Crippen molar-refractivity contribution >= 4 is 39.3 Å². The lowest BCUT2D eigenvalue weighted by Gasteiger charge is -2.29. The van der Waals surface area contributed by atoms with Crippen molar-refractivity contribution in [3.8, 4) is 22.6 Å². The summed E-state index contributed by atoms with van der Waals surface area (Å²) in [6, 6.07) is 10.1. The number of amides is 1. The lowest BCUT2D eigenvalue weighted by molar-refractivity contribution is -0.120. The normalized spacial score (nSPS) is 16.7. The van der Waals surface area contributed by atoms with Crippen LogP contribution in [0, 0.1) is 5.92 Å². The van der Waals surface area contributed by atoms with E-state index >= 15 is 0 Å². The Morgan fingerprint density at radius 2 is 1.82 bits per heavy atom. The molecule has 2 fully saturated rings. The molecule has 5 aromatic heterocycles. The third-order valence-corrected chi connectivity index (χ3v) is 8.15. The quantitative estimate of drug-likeness (QED) is 0.259. The van der Waals surface area contributed by atoms with E-state index in [2.05, 4.69) is 47.5 Å². The van der Waals surface area contributed by atoms with Crippen LogP contribution < -0.4 is 10.2 Å². The fourth-order valence-corrected chi connectivity index (χ4v) is 6.06. The van der Waals surface area contributed by atoms with Gasteiger partial charge in [0.15, 0.2) is 0 Å². The Balaban J connectivity index is 1.20. The maximum absolute atomic E-state index is 12.8. The minimum Gasteiger partial charge on any atom is -0.371 e. The number of nitrogens with one attached hydrogen (secondary N) is 3. The largest absolute Gasteiger partial charge is 0.371 e. The van der Waals surface area contributed by atoms with E-state index in [1.165, 1.54) is 31.4 Å². The Kier molecular flexibility index (Phi) is 6.19. The molecule has 9 nitrogen and oxygen atoms in total. The van der Waals surface area contributed by atoms with E-state index in [9.17, 15) is 4.79 Å². The van der Waals surface area contributed by atoms with Gasteiger partial charge in [-0.1, -0.05) is 19.3 Å². The van der Waals surface area contributed by atoms with Gasteiger partial charge in [-0.05, 0) is 62.4 Å². The maximum atomic E-state index is 12.8. The predicted molar refractivity (Wildman–Crippen MR) is 153 cm³/mol. The zero-order valence-corrected chi connectivity index (χ0v) is 21.9. The van der Waals surface area contributed by atoms with Crippen LogP contribution in [0.15, 0.2) is 48.9 Å². The van der Waals surface area contributed by atoms with Gasteiger partial charge in [0.1, 0.15) is 16.9 Å². The number of hydrogen-bond acceptors (Lipinski definition) is 6. The number of anilines is 2. The summed E-state index contributed by atoms with van der Waals surface area (Å²) in [6.07, 6.45) is 14.5. The van der Waals surface area contributed by atoms with Crippen molar-refractivity contribution in [1.29, 1.82) is 0 Å². The van der Waals surface area contributed by atoms with Crippen molar-refractivity contribution in [2.75, 3.05) is 23.3 Å². The first kappa shape index (κ1) is 23.8. The fraction of sp³-hybridized carbons (Fsp3) is 0.367. The molecule has 0 spiro atoms. The Labute approximate surface area is 226 Å². The molecule has 2 aliphatic rings. The van der Waals surface area contributed by atoms with E-state index in [1.807, 2.05) is 24.4 Å². The zero-order valence-electron chi connectivity index (χ0n) is 21.9. The average molecular weight is 521 g/mol. The number of nitrogens with zero attached hydrogens (tertiary/aromatic N) is 5. The van der Waals surface area contributed by atoms with Crippen LogP contribution in [0.4, 0.5) is 11.4 Å². The first-order valence-electron chi connectivity index (χ1n) is 14.1. The zero-order chi connectivity index (χ0) is 26.2. The van der Waals surface area contributed by atoms with E-state index in [-0.39, 0.29) is 11.8 Å². The van der Waals surface area contributed by atoms with Crippen LogP contribution >= 0.6 is 0 Å². The van der Waals surface area contributed by atoms with Crippen molar-refractivity contribution in [2.24, 2.45) is 5.92 Å². The first-order chi connectivity index (χ1) is 19.2. The lowest BCUT2D eigenvalue weighted by atomic mass is 9.88. The highest BCUT2D eigenvalue weighted by molar-refractivity contribution is 5.98. The molecule has 1 aliphatic carbocycles. The Morgan fingerprint density at radius 3 is 2.69 bits per heavy atom. The molecule has 198 valence electrons. The van der Waals surface area contributed by atoms with E-state index in [1.54, 1.807) is 12.4 Å². The second-order valence-electron chi connectivity index (χ2n) is 10.8. The number of fused-ring (bicyclic) bond motifs is 2. The topological polar surface area (TPSA) is 115 Å². The third kappa shape index (κ3) is 4.62. The number of carbonyl (C=O) groups is 1. The minimum absolute atomic E-state index is 0.0884. The van der Waals surface area contributed by atoms with Gasteiger partial charge in [-0.3, -0.25) is 14.9 Å². The molecule has 0 atom stereocenters. The number of aromatic amines is 2. The first-order valence-corrected chi connectivity index (χ1v) is 14.1. The minimum atomic E-state index is 0.0884. The van der Waals surface area contributed by atoms with E-state index in [4.69, 9.17) is 4.98 Å². The molecule has 3 N–H and O–H groups in total. The molecule has 0 unspecified atom stereocenters. The van der Waals surface area contributed by atoms with Gasteiger partial charge in [0, 0.05) is 48.0 Å². The molecular weight excluding hydrogens is 488 g/mol. The number of H-pyrrole nitrogens is 2. The lowest BCUT2D eigenvalue weighted by Crippen LogP contribution is -2.29. The summed E-state index contributed by atoms with van der Waals surface area (Å²) in [7, 11) is 0. The van der Waals surface area contributed by atoms with Crippen molar-refractivity contribution in [3.05, 3.63) is 48.9 Å². The molecule has 1 saturated heterocycles. The summed E-state index contributed by atoms with van der Waals surface area (Å²) in [5.41, 5.74) is 7.64. The van der Waals surface area contributed by atoms with Gasteiger partial charge in [0.05, 0.1) is 28.8 Å². The molecule has 39 heavy (non-hydrogen) atoms. The fourth-order valence-electron chi connectivity index (χ4n) is 6.06. The molecule has 5 aromatic rings. The van der Waals surface area contributed by atoms with Crippen molar-refractivity contribution in [1.82, 2.24) is 30.1 Å². The molecule has 1 aliphatic heterocycles. The molecule has 0 bridgehead atoms. The molecule has 7 rings (SSSR count).